The molecular formula is C18H20ClN7OS. The van der Waals surface area contributed by atoms with Crippen LogP contribution in [0.15, 0.2) is 24.4 Å². The van der Waals surface area contributed by atoms with Crippen LogP contribution >= 0.6 is 22.9 Å². The van der Waals surface area contributed by atoms with Crippen LogP contribution in [0.4, 0.5) is 22.7 Å². The van der Waals surface area contributed by atoms with Crippen LogP contribution in [0.5, 0.6) is 0 Å². The van der Waals surface area contributed by atoms with Crippen LogP contribution in [-0.4, -0.2) is 31.9 Å². The minimum absolute atomic E-state index is 0.193. The molecule has 3 rings (SSSR count). The van der Waals surface area contributed by atoms with Gasteiger partial charge in [0.25, 0.3) is 5.91 Å². The summed E-state index contributed by atoms with van der Waals surface area (Å²) in [5, 5.41) is 9.98. The van der Waals surface area contributed by atoms with Crippen LogP contribution in [0.25, 0.3) is 0 Å². The lowest BCUT2D eigenvalue weighted by atomic mass is 10.2. The number of carbonyl (C=O) groups excluding carboxylic acids is 1. The van der Waals surface area contributed by atoms with Crippen molar-refractivity contribution in [3.63, 3.8) is 0 Å². The summed E-state index contributed by atoms with van der Waals surface area (Å²) < 4.78 is 0. The van der Waals surface area contributed by atoms with Gasteiger partial charge in [-0.05, 0) is 39.3 Å². The molecular weight excluding hydrogens is 398 g/mol. The Hall–Kier alpha value is -2.78. The second-order valence-corrected chi connectivity index (χ2v) is 7.81. The van der Waals surface area contributed by atoms with Crippen molar-refractivity contribution < 1.29 is 4.79 Å². The molecule has 0 fully saturated rings. The van der Waals surface area contributed by atoms with Crippen LogP contribution in [0.3, 0.4) is 0 Å². The molecule has 0 radical (unpaired) electrons. The lowest BCUT2D eigenvalue weighted by Gasteiger charge is -2.10. The molecule has 0 saturated carbocycles. The molecule has 3 aromatic rings. The fourth-order valence-corrected chi connectivity index (χ4v) is 3.33. The average Bonchev–Trinajstić information content (AvgIpc) is 3.05. The highest BCUT2D eigenvalue weighted by molar-refractivity contribution is 7.17. The van der Waals surface area contributed by atoms with E-state index in [4.69, 9.17) is 11.6 Å². The minimum Gasteiger partial charge on any atom is -0.352 e. The fraction of sp³-hybridized carbons (Fsp3) is 0.278. The van der Waals surface area contributed by atoms with Gasteiger partial charge in [0.2, 0.25) is 11.9 Å². The zero-order chi connectivity index (χ0) is 20.3. The number of halogens is 1. The minimum atomic E-state index is -0.282. The quantitative estimate of drug-likeness (QED) is 0.545. The highest BCUT2D eigenvalue weighted by Crippen LogP contribution is 2.27. The van der Waals surface area contributed by atoms with Crippen LogP contribution in [0, 0.1) is 13.8 Å². The SMILES string of the molecule is Cc1nc(Nc2ncc(C(=O)Nc3c(C)cccc3Cl)s2)nc(NC(C)C)n1. The Bertz CT molecular complexity index is 985. The first-order chi connectivity index (χ1) is 13.3. The van der Waals surface area contributed by atoms with Crippen molar-refractivity contribution in [2.24, 2.45) is 0 Å². The van der Waals surface area contributed by atoms with Crippen molar-refractivity contribution in [2.75, 3.05) is 16.0 Å². The molecule has 0 aliphatic heterocycles. The Morgan fingerprint density at radius 1 is 1.14 bits per heavy atom. The maximum atomic E-state index is 12.5. The van der Waals surface area contributed by atoms with Gasteiger partial charge in [0.1, 0.15) is 10.7 Å². The number of anilines is 4. The number of benzene rings is 1. The predicted molar refractivity (Wildman–Crippen MR) is 113 cm³/mol. The molecule has 2 aromatic heterocycles. The third-order valence-corrected chi connectivity index (χ3v) is 4.80. The number of hydrogen-bond acceptors (Lipinski definition) is 8. The number of para-hydroxylation sites is 1. The number of nitrogens with zero attached hydrogens (tertiary/aromatic N) is 4. The zero-order valence-corrected chi connectivity index (χ0v) is 17.4. The second-order valence-electron chi connectivity index (χ2n) is 6.37. The zero-order valence-electron chi connectivity index (χ0n) is 15.9. The van der Waals surface area contributed by atoms with E-state index in [0.717, 1.165) is 5.56 Å². The Balaban J connectivity index is 1.74. The van der Waals surface area contributed by atoms with E-state index in [2.05, 4.69) is 35.9 Å². The predicted octanol–water partition coefficient (Wildman–Crippen LogP) is 4.41. The molecule has 0 atom stereocenters. The summed E-state index contributed by atoms with van der Waals surface area (Å²) >= 11 is 7.37. The summed E-state index contributed by atoms with van der Waals surface area (Å²) in [6.45, 7) is 7.66. The Morgan fingerprint density at radius 3 is 2.61 bits per heavy atom. The second kappa shape index (κ2) is 8.49. The van der Waals surface area contributed by atoms with Gasteiger partial charge in [-0.3, -0.25) is 10.1 Å². The Labute approximate surface area is 171 Å². The monoisotopic (exact) mass is 417 g/mol. The average molecular weight is 418 g/mol. The smallest absolute Gasteiger partial charge is 0.267 e. The van der Waals surface area contributed by atoms with Gasteiger partial charge in [-0.2, -0.15) is 15.0 Å². The van der Waals surface area contributed by atoms with Crippen molar-refractivity contribution in [1.82, 2.24) is 19.9 Å². The molecule has 2 heterocycles. The number of rotatable bonds is 6. The number of nitrogens with one attached hydrogen (secondary N) is 3. The molecule has 146 valence electrons. The maximum Gasteiger partial charge on any atom is 0.267 e. The van der Waals surface area contributed by atoms with Crippen molar-refractivity contribution in [3.05, 3.63) is 45.7 Å². The molecule has 0 unspecified atom stereocenters. The Kier molecular flexibility index (Phi) is 6.05. The van der Waals surface area contributed by atoms with Gasteiger partial charge in [0, 0.05) is 6.04 Å². The number of thiazole rings is 1. The van der Waals surface area contributed by atoms with Gasteiger partial charge in [-0.25, -0.2) is 4.98 Å². The van der Waals surface area contributed by atoms with E-state index in [1.165, 1.54) is 17.5 Å². The van der Waals surface area contributed by atoms with E-state index >= 15 is 0 Å². The third kappa shape index (κ3) is 4.93. The summed E-state index contributed by atoms with van der Waals surface area (Å²) in [5.74, 6) is 1.13. The largest absolute Gasteiger partial charge is 0.352 e. The van der Waals surface area contributed by atoms with Gasteiger partial charge in [0.05, 0.1) is 16.9 Å². The number of aryl methyl sites for hydroxylation is 2. The molecule has 1 amide bonds. The standard InChI is InChI=1S/C18H20ClN7OS/c1-9(2)21-16-22-11(4)23-17(25-16)26-18-20-8-13(28-18)15(27)24-14-10(3)6-5-7-12(14)19/h5-9H,1-4H3,(H,24,27)(H2,20,21,22,23,25,26). The maximum absolute atomic E-state index is 12.5. The van der Waals surface area contributed by atoms with E-state index < -0.39 is 0 Å². The molecule has 0 aliphatic rings. The number of carbonyl (C=O) groups is 1. The molecule has 10 heteroatoms. The molecule has 8 nitrogen and oxygen atoms in total. The summed E-state index contributed by atoms with van der Waals surface area (Å²) in [6, 6.07) is 5.64. The lowest BCUT2D eigenvalue weighted by molar-refractivity contribution is 0.103. The van der Waals surface area contributed by atoms with Crippen molar-refractivity contribution in [2.45, 2.75) is 33.7 Å². The number of amides is 1. The number of hydrogen-bond donors (Lipinski definition) is 3. The normalized spacial score (nSPS) is 10.8. The lowest BCUT2D eigenvalue weighted by Crippen LogP contribution is -2.14. The van der Waals surface area contributed by atoms with Gasteiger partial charge in [-0.15, -0.1) is 0 Å². The summed E-state index contributed by atoms with van der Waals surface area (Å²) in [4.78, 5) is 30.0. The van der Waals surface area contributed by atoms with Crippen molar-refractivity contribution >= 4 is 51.6 Å². The van der Waals surface area contributed by atoms with E-state index in [9.17, 15) is 4.79 Å². The molecule has 0 saturated heterocycles. The van der Waals surface area contributed by atoms with E-state index in [1.54, 1.807) is 13.0 Å². The number of aromatic nitrogens is 4. The van der Waals surface area contributed by atoms with Gasteiger partial charge >= 0.3 is 0 Å². The van der Waals surface area contributed by atoms with Crippen LogP contribution < -0.4 is 16.0 Å². The first-order valence-electron chi connectivity index (χ1n) is 8.60. The highest BCUT2D eigenvalue weighted by Gasteiger charge is 2.15. The van der Waals surface area contributed by atoms with Crippen molar-refractivity contribution in [1.29, 1.82) is 0 Å². The van der Waals surface area contributed by atoms with Crippen molar-refractivity contribution in [3.8, 4) is 0 Å². The third-order valence-electron chi connectivity index (χ3n) is 3.57. The van der Waals surface area contributed by atoms with Gasteiger partial charge in [-0.1, -0.05) is 35.1 Å². The summed E-state index contributed by atoms with van der Waals surface area (Å²) in [5.41, 5.74) is 1.48. The topological polar surface area (TPSA) is 105 Å². The highest BCUT2D eigenvalue weighted by atomic mass is 35.5. The van der Waals surface area contributed by atoms with E-state index in [0.29, 0.717) is 38.4 Å². The molecule has 1 aromatic carbocycles. The van der Waals surface area contributed by atoms with E-state index in [-0.39, 0.29) is 11.9 Å². The molecule has 3 N–H and O–H groups in total. The molecule has 0 aliphatic carbocycles. The molecule has 0 spiro atoms. The summed E-state index contributed by atoms with van der Waals surface area (Å²) in [7, 11) is 0. The molecule has 0 bridgehead atoms. The van der Waals surface area contributed by atoms with Crippen LogP contribution in [0.2, 0.25) is 5.02 Å². The first-order valence-corrected chi connectivity index (χ1v) is 9.80. The van der Waals surface area contributed by atoms with E-state index in [1.807, 2.05) is 32.9 Å². The first kappa shape index (κ1) is 20.0. The van der Waals surface area contributed by atoms with Gasteiger partial charge in [0.15, 0.2) is 5.13 Å². The van der Waals surface area contributed by atoms with Crippen LogP contribution in [-0.2, 0) is 0 Å². The van der Waals surface area contributed by atoms with Crippen LogP contribution in [0.1, 0.15) is 34.9 Å². The fourth-order valence-electron chi connectivity index (χ4n) is 2.36. The molecule has 28 heavy (non-hydrogen) atoms. The Morgan fingerprint density at radius 2 is 1.89 bits per heavy atom. The summed E-state index contributed by atoms with van der Waals surface area (Å²) in [6.07, 6.45) is 1.50. The van der Waals surface area contributed by atoms with Gasteiger partial charge < -0.3 is 10.6 Å².